The lowest BCUT2D eigenvalue weighted by Gasteiger charge is -2.28. The summed E-state index contributed by atoms with van der Waals surface area (Å²) in [6.07, 6.45) is -7.60. The number of carbonyl (C=O) groups is 1. The summed E-state index contributed by atoms with van der Waals surface area (Å²) in [7, 11) is -10.7. The van der Waals surface area contributed by atoms with Crippen molar-refractivity contribution in [3.05, 3.63) is 12.7 Å². The first-order chi connectivity index (χ1) is 17.5. The number of fused-ring (bicyclic) bond motifs is 1. The van der Waals surface area contributed by atoms with Gasteiger partial charge in [-0.2, -0.15) is 4.31 Å². The number of nitrogens with two attached hydrogens (primary N) is 2. The molecule has 0 aliphatic carbocycles. The Morgan fingerprint density at radius 1 is 1.18 bits per heavy atom. The fourth-order valence-corrected chi connectivity index (χ4v) is 4.80. The lowest BCUT2D eigenvalue weighted by Crippen LogP contribution is -2.52. The Balaban J connectivity index is 0.000000269. The van der Waals surface area contributed by atoms with Crippen LogP contribution in [0.3, 0.4) is 0 Å². The quantitative estimate of drug-likeness (QED) is 0.0905. The largest absolute Gasteiger partial charge is 0.481 e. The van der Waals surface area contributed by atoms with E-state index in [1.165, 1.54) is 17.2 Å². The monoisotopic (exact) mass is 592 g/mol. The van der Waals surface area contributed by atoms with Gasteiger partial charge in [0, 0.05) is 0 Å². The molecule has 1 saturated heterocycles. The Morgan fingerprint density at radius 3 is 2.32 bits per heavy atom. The van der Waals surface area contributed by atoms with Gasteiger partial charge in [-0.15, -0.1) is 0 Å². The van der Waals surface area contributed by atoms with Gasteiger partial charge < -0.3 is 60.6 Å². The average Bonchev–Trinajstić information content (AvgIpc) is 3.37. The topological polar surface area (TPSA) is 357 Å². The summed E-state index contributed by atoms with van der Waals surface area (Å²) < 4.78 is 35.3. The van der Waals surface area contributed by atoms with Crippen LogP contribution >= 0.6 is 15.6 Å². The molecule has 38 heavy (non-hydrogen) atoms. The summed E-state index contributed by atoms with van der Waals surface area (Å²) in [6.45, 7) is -1.47. The Labute approximate surface area is 211 Å². The van der Waals surface area contributed by atoms with E-state index in [4.69, 9.17) is 46.2 Å². The summed E-state index contributed by atoms with van der Waals surface area (Å²) in [5.74, 6) is -1.65. The molecule has 1 aliphatic rings. The number of nitrogens with zero attached hydrogens (tertiary/aromatic N) is 4. The van der Waals surface area contributed by atoms with Crippen molar-refractivity contribution in [3.63, 3.8) is 0 Å². The molecule has 0 spiro atoms. The normalized spacial score (nSPS) is 27.7. The molecule has 1 fully saturated rings. The van der Waals surface area contributed by atoms with E-state index in [1.807, 2.05) is 0 Å². The molecular formula is C15H26N6O15P2. The zero-order valence-electron chi connectivity index (χ0n) is 18.9. The predicted molar refractivity (Wildman–Crippen MR) is 119 cm³/mol. The first kappa shape index (κ1) is 32.2. The Hall–Kier alpha value is -2.04. The highest BCUT2D eigenvalue weighted by atomic mass is 31.3. The molecule has 0 aromatic carbocycles. The lowest BCUT2D eigenvalue weighted by atomic mass is 10.1. The van der Waals surface area contributed by atoms with Crippen LogP contribution in [-0.2, 0) is 33.3 Å². The fourth-order valence-electron chi connectivity index (χ4n) is 3.09. The number of ether oxygens (including phenoxy) is 1. The van der Waals surface area contributed by atoms with Crippen LogP contribution in [0.1, 0.15) is 0 Å². The number of nitrogen functional groups attached to an aromatic ring is 1. The third-order valence-corrected chi connectivity index (χ3v) is 7.09. The minimum absolute atomic E-state index is 0.157. The van der Waals surface area contributed by atoms with Gasteiger partial charge in [0.15, 0.2) is 23.9 Å². The van der Waals surface area contributed by atoms with Gasteiger partial charge in [0.25, 0.3) is 0 Å². The number of hydrogen-bond acceptors (Lipinski definition) is 17. The van der Waals surface area contributed by atoms with E-state index >= 15 is 0 Å². The van der Waals surface area contributed by atoms with Gasteiger partial charge in [-0.05, 0) is 0 Å². The molecule has 2 aromatic rings. The van der Waals surface area contributed by atoms with Crippen molar-refractivity contribution in [1.29, 1.82) is 0 Å². The maximum absolute atomic E-state index is 11.0. The molecular weight excluding hydrogens is 566 g/mol. The van der Waals surface area contributed by atoms with Crippen molar-refractivity contribution < 1.29 is 72.8 Å². The molecule has 0 saturated carbocycles. The van der Waals surface area contributed by atoms with E-state index in [0.717, 1.165) is 0 Å². The minimum Gasteiger partial charge on any atom is -0.394 e. The third-order valence-electron chi connectivity index (χ3n) is 4.90. The smallest absolute Gasteiger partial charge is 0.394 e. The van der Waals surface area contributed by atoms with E-state index in [2.05, 4.69) is 23.8 Å². The van der Waals surface area contributed by atoms with Gasteiger partial charge in [0.05, 0.1) is 13.2 Å². The maximum atomic E-state index is 11.0. The van der Waals surface area contributed by atoms with Crippen molar-refractivity contribution in [2.24, 2.45) is 5.73 Å². The van der Waals surface area contributed by atoms with Crippen molar-refractivity contribution in [3.8, 4) is 0 Å². The summed E-state index contributed by atoms with van der Waals surface area (Å²) in [4.78, 5) is 47.7. The van der Waals surface area contributed by atoms with Crippen LogP contribution in [0, 0.1) is 0 Å². The fraction of sp³-hybridized carbons (Fsp3) is 0.600. The SMILES string of the molecule is Nc1ncnc2c1ncn2[C@]1(N)O[C@H](CO)[C@@H](O)[C@H]1O.O=C[C@H](OP(=O)(O)OP(=O)(O)O)[C@H](O)[C@H](O)CO. The van der Waals surface area contributed by atoms with Crippen molar-refractivity contribution in [1.82, 2.24) is 19.5 Å². The van der Waals surface area contributed by atoms with Crippen LogP contribution in [0.5, 0.6) is 0 Å². The highest BCUT2D eigenvalue weighted by molar-refractivity contribution is 7.60. The number of phosphoric acid groups is 2. The Kier molecular flexibility index (Phi) is 10.5. The molecule has 3 rings (SSSR count). The van der Waals surface area contributed by atoms with Crippen LogP contribution in [0.2, 0.25) is 0 Å². The van der Waals surface area contributed by atoms with E-state index in [-0.39, 0.29) is 17.8 Å². The second-order valence-corrected chi connectivity index (χ2v) is 10.3. The first-order valence-corrected chi connectivity index (χ1v) is 13.1. The molecule has 0 radical (unpaired) electrons. The lowest BCUT2D eigenvalue weighted by molar-refractivity contribution is -0.141. The number of imidazole rings is 1. The zero-order chi connectivity index (χ0) is 29.1. The van der Waals surface area contributed by atoms with Gasteiger partial charge in [-0.25, -0.2) is 24.1 Å². The Bertz CT molecular complexity index is 1200. The van der Waals surface area contributed by atoms with Crippen LogP contribution < -0.4 is 11.5 Å². The second kappa shape index (κ2) is 12.4. The van der Waals surface area contributed by atoms with Crippen molar-refractivity contribution >= 4 is 38.9 Å². The number of hydrogen-bond donors (Lipinski definition) is 11. The minimum atomic E-state index is -5.36. The molecule has 23 heteroatoms. The third kappa shape index (κ3) is 7.33. The van der Waals surface area contributed by atoms with Gasteiger partial charge in [0.2, 0.25) is 5.85 Å². The predicted octanol–water partition coefficient (Wildman–Crippen LogP) is -5.42. The molecule has 8 atom stereocenters. The second-order valence-electron chi connectivity index (χ2n) is 7.56. The average molecular weight is 592 g/mol. The number of phosphoric ester groups is 1. The van der Waals surface area contributed by atoms with Crippen molar-refractivity contribution in [2.75, 3.05) is 18.9 Å². The highest BCUT2D eigenvalue weighted by Crippen LogP contribution is 2.58. The van der Waals surface area contributed by atoms with E-state index in [0.29, 0.717) is 5.52 Å². The number of rotatable bonds is 10. The molecule has 1 unspecified atom stereocenters. The van der Waals surface area contributed by atoms with Gasteiger partial charge in [0.1, 0.15) is 48.7 Å². The van der Waals surface area contributed by atoms with Crippen molar-refractivity contribution in [2.45, 2.75) is 42.5 Å². The van der Waals surface area contributed by atoms with E-state index in [9.17, 15) is 29.2 Å². The molecule has 13 N–H and O–H groups in total. The number of aldehydes is 1. The molecule has 3 heterocycles. The molecule has 2 aromatic heterocycles. The van der Waals surface area contributed by atoms with Crippen LogP contribution in [-0.4, -0.2) is 121 Å². The number of aromatic nitrogens is 4. The van der Waals surface area contributed by atoms with Gasteiger partial charge in [-0.1, -0.05) is 0 Å². The molecule has 0 amide bonds. The van der Waals surface area contributed by atoms with Crippen LogP contribution in [0.25, 0.3) is 11.2 Å². The van der Waals surface area contributed by atoms with E-state index in [1.54, 1.807) is 0 Å². The number of anilines is 1. The summed E-state index contributed by atoms with van der Waals surface area (Å²) in [5, 5.41) is 55.6. The standard InChI is InChI=1S/C10H14N6O4.C5H12O11P2/c11-8-5-9(14-2-13-8)16(3-15-5)10(12)7(19)6(18)4(1-17)20-10;6-1-3(8)5(9)4(2-7)15-18(13,14)16-17(10,11)12/h2-4,6-7,17-19H,1,12H2,(H2,11,13,14);2-6,8-9H,1H2,(H,13,14)(H2,10,11,12)/t4-,6-,7-,10+;3-,4+,5-/m11/s1. The molecule has 1 aliphatic heterocycles. The summed E-state index contributed by atoms with van der Waals surface area (Å²) in [6, 6.07) is 0. The number of aliphatic hydroxyl groups is 6. The highest BCUT2D eigenvalue weighted by Gasteiger charge is 2.54. The molecule has 0 bridgehead atoms. The summed E-state index contributed by atoms with van der Waals surface area (Å²) in [5.41, 5.74) is 12.2. The number of carbonyl (C=O) groups excluding carboxylic acids is 1. The first-order valence-electron chi connectivity index (χ1n) is 10.1. The number of aliphatic hydroxyl groups excluding tert-OH is 6. The van der Waals surface area contributed by atoms with E-state index < -0.39 is 71.3 Å². The molecule has 216 valence electrons. The van der Waals surface area contributed by atoms with Crippen LogP contribution in [0.15, 0.2) is 12.7 Å². The zero-order valence-corrected chi connectivity index (χ0v) is 20.7. The Morgan fingerprint density at radius 2 is 1.82 bits per heavy atom. The molecule has 21 nitrogen and oxygen atoms in total. The van der Waals surface area contributed by atoms with Gasteiger partial charge in [-0.3, -0.25) is 14.8 Å². The van der Waals surface area contributed by atoms with Gasteiger partial charge >= 0.3 is 15.6 Å². The summed E-state index contributed by atoms with van der Waals surface area (Å²) >= 11 is 0. The maximum Gasteiger partial charge on any atom is 0.481 e. The van der Waals surface area contributed by atoms with Crippen LogP contribution in [0.4, 0.5) is 5.82 Å².